The Kier molecular flexibility index (Phi) is 9.20. The lowest BCUT2D eigenvalue weighted by molar-refractivity contribution is 0.0374. The molecule has 0 aliphatic carbocycles. The van der Waals surface area contributed by atoms with Crippen LogP contribution in [0.4, 0.5) is 14.5 Å². The Morgan fingerprint density at radius 2 is 1.81 bits per heavy atom. The van der Waals surface area contributed by atoms with Gasteiger partial charge in [-0.3, -0.25) is 19.5 Å². The number of halogens is 2. The van der Waals surface area contributed by atoms with E-state index in [-0.39, 0.29) is 28.7 Å². The van der Waals surface area contributed by atoms with Gasteiger partial charge in [-0.2, -0.15) is 0 Å². The predicted molar refractivity (Wildman–Crippen MR) is 154 cm³/mol. The van der Waals surface area contributed by atoms with E-state index in [1.165, 1.54) is 30.5 Å². The van der Waals surface area contributed by atoms with Gasteiger partial charge >= 0.3 is 0 Å². The standard InChI is InChI=1S/C31H31F2N5O4/c1-20-3-5-24(32)26(15-20)37-31(40)21-4-6-25(33)29(17-21)42-23-7-9-34-28(18-23)27-16-22(19-36-27)30(39)35-8-2-10-38-11-13-41-14-12-38/h3-7,9,15-19,36H,2,8,10-14H2,1H3,(H,35,39)(H,37,40). The first-order valence-corrected chi connectivity index (χ1v) is 13.6. The van der Waals surface area contributed by atoms with E-state index in [4.69, 9.17) is 9.47 Å². The minimum atomic E-state index is -0.681. The highest BCUT2D eigenvalue weighted by Crippen LogP contribution is 2.29. The maximum Gasteiger partial charge on any atom is 0.255 e. The van der Waals surface area contributed by atoms with Crippen LogP contribution in [0.3, 0.4) is 0 Å². The molecule has 1 fully saturated rings. The van der Waals surface area contributed by atoms with E-state index >= 15 is 0 Å². The summed E-state index contributed by atoms with van der Waals surface area (Å²) in [7, 11) is 0. The Morgan fingerprint density at radius 1 is 1.00 bits per heavy atom. The summed E-state index contributed by atoms with van der Waals surface area (Å²) in [4.78, 5) is 35.0. The van der Waals surface area contributed by atoms with Gasteiger partial charge in [0.2, 0.25) is 0 Å². The van der Waals surface area contributed by atoms with Crippen LogP contribution < -0.4 is 15.4 Å². The van der Waals surface area contributed by atoms with Gasteiger partial charge in [-0.1, -0.05) is 6.07 Å². The number of nitrogens with one attached hydrogen (secondary N) is 3. The molecule has 0 atom stereocenters. The van der Waals surface area contributed by atoms with Gasteiger partial charge in [0.25, 0.3) is 11.8 Å². The fourth-order valence-electron chi connectivity index (χ4n) is 4.51. The molecule has 3 heterocycles. The molecule has 218 valence electrons. The molecule has 0 spiro atoms. The van der Waals surface area contributed by atoms with Crippen molar-refractivity contribution < 1.29 is 27.8 Å². The van der Waals surface area contributed by atoms with E-state index in [9.17, 15) is 18.4 Å². The lowest BCUT2D eigenvalue weighted by atomic mass is 10.1. The van der Waals surface area contributed by atoms with Crippen LogP contribution in [0.1, 0.15) is 32.7 Å². The molecule has 2 amide bonds. The first-order chi connectivity index (χ1) is 20.4. The minimum Gasteiger partial charge on any atom is -0.454 e. The molecule has 11 heteroatoms. The summed E-state index contributed by atoms with van der Waals surface area (Å²) in [6, 6.07) is 12.8. The number of H-pyrrole nitrogens is 1. The largest absolute Gasteiger partial charge is 0.454 e. The zero-order valence-electron chi connectivity index (χ0n) is 23.1. The first kappa shape index (κ1) is 28.9. The number of carbonyl (C=O) groups excluding carboxylic acids is 2. The maximum atomic E-state index is 14.6. The Morgan fingerprint density at radius 3 is 2.64 bits per heavy atom. The van der Waals surface area contributed by atoms with Crippen molar-refractivity contribution in [2.24, 2.45) is 0 Å². The second kappa shape index (κ2) is 13.4. The Bertz CT molecular complexity index is 1570. The molecule has 5 rings (SSSR count). The topological polar surface area (TPSA) is 109 Å². The van der Waals surface area contributed by atoms with Gasteiger partial charge in [-0.15, -0.1) is 0 Å². The van der Waals surface area contributed by atoms with Crippen molar-refractivity contribution >= 4 is 17.5 Å². The normalized spacial score (nSPS) is 13.5. The lowest BCUT2D eigenvalue weighted by Crippen LogP contribution is -2.38. The fourth-order valence-corrected chi connectivity index (χ4v) is 4.51. The summed E-state index contributed by atoms with van der Waals surface area (Å²) >= 11 is 0. The molecule has 1 aliphatic rings. The first-order valence-electron chi connectivity index (χ1n) is 13.6. The number of aryl methyl sites for hydroxylation is 1. The summed E-state index contributed by atoms with van der Waals surface area (Å²) in [5.41, 5.74) is 2.40. The number of aromatic nitrogens is 2. The molecule has 3 N–H and O–H groups in total. The Labute approximate surface area is 241 Å². The summed E-state index contributed by atoms with van der Waals surface area (Å²) in [5.74, 6) is -1.99. The predicted octanol–water partition coefficient (Wildman–Crippen LogP) is 5.16. The van der Waals surface area contributed by atoms with E-state index in [0.29, 0.717) is 23.5 Å². The number of hydrogen-bond acceptors (Lipinski definition) is 6. The number of benzene rings is 2. The van der Waals surface area contributed by atoms with E-state index < -0.39 is 17.5 Å². The van der Waals surface area contributed by atoms with Crippen molar-refractivity contribution in [2.75, 3.05) is 44.7 Å². The number of anilines is 1. The quantitative estimate of drug-likeness (QED) is 0.226. The third-order valence-electron chi connectivity index (χ3n) is 6.78. The zero-order valence-corrected chi connectivity index (χ0v) is 23.1. The molecule has 2 aromatic carbocycles. The van der Waals surface area contributed by atoms with Gasteiger partial charge in [-0.25, -0.2) is 8.78 Å². The van der Waals surface area contributed by atoms with E-state index in [0.717, 1.165) is 50.9 Å². The van der Waals surface area contributed by atoms with Crippen LogP contribution in [-0.4, -0.2) is 66.1 Å². The molecular formula is C31H31F2N5O4. The van der Waals surface area contributed by atoms with Crippen LogP contribution in [0.25, 0.3) is 11.4 Å². The smallest absolute Gasteiger partial charge is 0.255 e. The van der Waals surface area contributed by atoms with Crippen LogP contribution >= 0.6 is 0 Å². The molecule has 0 radical (unpaired) electrons. The maximum absolute atomic E-state index is 14.6. The SMILES string of the molecule is Cc1ccc(F)c(NC(=O)c2ccc(F)c(Oc3ccnc(-c4cc(C(=O)NCCCN5CCOCC5)c[nH]4)c3)c2)c1. The number of hydrogen-bond donors (Lipinski definition) is 3. The number of pyridine rings is 1. The molecule has 42 heavy (non-hydrogen) atoms. The molecule has 9 nitrogen and oxygen atoms in total. The molecule has 4 aromatic rings. The Hall–Kier alpha value is -4.61. The number of carbonyl (C=O) groups is 2. The van der Waals surface area contributed by atoms with Crippen LogP contribution in [-0.2, 0) is 4.74 Å². The van der Waals surface area contributed by atoms with E-state index in [2.05, 4.69) is 25.5 Å². The molecule has 1 saturated heterocycles. The van der Waals surface area contributed by atoms with Crippen molar-refractivity contribution in [1.29, 1.82) is 0 Å². The molecule has 0 saturated carbocycles. The van der Waals surface area contributed by atoms with Gasteiger partial charge in [-0.05, 0) is 67.9 Å². The molecule has 1 aliphatic heterocycles. The summed E-state index contributed by atoms with van der Waals surface area (Å²) < 4.78 is 39.8. The van der Waals surface area contributed by atoms with Crippen molar-refractivity contribution in [1.82, 2.24) is 20.2 Å². The molecule has 0 unspecified atom stereocenters. The van der Waals surface area contributed by atoms with Gasteiger partial charge in [0.15, 0.2) is 11.6 Å². The summed E-state index contributed by atoms with van der Waals surface area (Å²) in [5, 5.41) is 5.44. The highest BCUT2D eigenvalue weighted by Gasteiger charge is 2.16. The lowest BCUT2D eigenvalue weighted by Gasteiger charge is -2.26. The average Bonchev–Trinajstić information content (AvgIpc) is 3.50. The van der Waals surface area contributed by atoms with Crippen molar-refractivity contribution in [3.63, 3.8) is 0 Å². The average molecular weight is 576 g/mol. The van der Waals surface area contributed by atoms with Gasteiger partial charge < -0.3 is 25.1 Å². The number of rotatable bonds is 10. The van der Waals surface area contributed by atoms with Crippen LogP contribution in [0.2, 0.25) is 0 Å². The third kappa shape index (κ3) is 7.36. The molecule has 2 aromatic heterocycles. The van der Waals surface area contributed by atoms with E-state index in [1.807, 2.05) is 0 Å². The van der Waals surface area contributed by atoms with Crippen LogP contribution in [0.5, 0.6) is 11.5 Å². The highest BCUT2D eigenvalue weighted by atomic mass is 19.1. The van der Waals surface area contributed by atoms with Gasteiger partial charge in [0.05, 0.1) is 35.9 Å². The summed E-state index contributed by atoms with van der Waals surface area (Å²) in [6.07, 6.45) is 3.93. The highest BCUT2D eigenvalue weighted by molar-refractivity contribution is 6.04. The molecule has 0 bridgehead atoms. The number of nitrogens with zero attached hydrogens (tertiary/aromatic N) is 2. The van der Waals surface area contributed by atoms with Crippen LogP contribution in [0, 0.1) is 18.6 Å². The number of ether oxygens (including phenoxy) is 2. The molecular weight excluding hydrogens is 544 g/mol. The van der Waals surface area contributed by atoms with Gasteiger partial charge in [0, 0.05) is 43.7 Å². The van der Waals surface area contributed by atoms with Crippen molar-refractivity contribution in [3.05, 3.63) is 95.3 Å². The number of amides is 2. The second-order valence-electron chi connectivity index (χ2n) is 9.93. The van der Waals surface area contributed by atoms with Gasteiger partial charge in [0.1, 0.15) is 11.6 Å². The van der Waals surface area contributed by atoms with Crippen LogP contribution in [0.15, 0.2) is 67.0 Å². The minimum absolute atomic E-state index is 0.0255. The third-order valence-corrected chi connectivity index (χ3v) is 6.78. The second-order valence-corrected chi connectivity index (χ2v) is 9.93. The van der Waals surface area contributed by atoms with Crippen molar-refractivity contribution in [3.8, 4) is 22.9 Å². The zero-order chi connectivity index (χ0) is 29.5. The fraction of sp³-hybridized carbons (Fsp3) is 0.258. The number of aromatic amines is 1. The van der Waals surface area contributed by atoms with E-state index in [1.54, 1.807) is 37.4 Å². The number of morpholine rings is 1. The Balaban J connectivity index is 1.21. The summed E-state index contributed by atoms with van der Waals surface area (Å²) in [6.45, 7) is 6.54. The monoisotopic (exact) mass is 575 g/mol. The van der Waals surface area contributed by atoms with Crippen molar-refractivity contribution in [2.45, 2.75) is 13.3 Å².